The molecule has 2 rings (SSSR count). The average Bonchev–Trinajstić information content (AvgIpc) is 2.68. The molecule has 0 amide bonds. The van der Waals surface area contributed by atoms with Crippen LogP contribution in [-0.2, 0) is 6.42 Å². The molecule has 78 valence electrons. The van der Waals surface area contributed by atoms with Gasteiger partial charge in [-0.05, 0) is 28.1 Å². The van der Waals surface area contributed by atoms with Gasteiger partial charge in [0, 0.05) is 23.2 Å². The van der Waals surface area contributed by atoms with E-state index in [1.54, 1.807) is 12.3 Å². The zero-order valence-electron chi connectivity index (χ0n) is 7.85. The number of hydrogen-bond acceptors (Lipinski definition) is 4. The highest BCUT2D eigenvalue weighted by atomic mass is 79.9. The Morgan fingerprint density at radius 2 is 2.20 bits per heavy atom. The Balaban J connectivity index is 2.25. The molecule has 0 atom stereocenters. The van der Waals surface area contributed by atoms with Gasteiger partial charge in [0.1, 0.15) is 11.5 Å². The van der Waals surface area contributed by atoms with Gasteiger partial charge in [0.2, 0.25) is 0 Å². The smallest absolute Gasteiger partial charge is 0.139 e. The van der Waals surface area contributed by atoms with E-state index in [9.17, 15) is 0 Å². The molecule has 0 aromatic carbocycles. The van der Waals surface area contributed by atoms with Crippen LogP contribution in [0.5, 0.6) is 0 Å². The largest absolute Gasteiger partial charge is 0.396 e. The van der Waals surface area contributed by atoms with Crippen molar-refractivity contribution in [2.24, 2.45) is 0 Å². The summed E-state index contributed by atoms with van der Waals surface area (Å²) >= 11 is 3.31. The summed E-state index contributed by atoms with van der Waals surface area (Å²) < 4.78 is 5.95. The second-order valence-electron chi connectivity index (χ2n) is 3.01. The second-order valence-corrected chi connectivity index (χ2v) is 3.93. The first-order valence-electron chi connectivity index (χ1n) is 4.48. The summed E-state index contributed by atoms with van der Waals surface area (Å²) in [6.45, 7) is 0.0579. The molecule has 0 aliphatic rings. The van der Waals surface area contributed by atoms with Crippen molar-refractivity contribution in [1.29, 1.82) is 0 Å². The van der Waals surface area contributed by atoms with Crippen molar-refractivity contribution in [3.8, 4) is 11.4 Å². The Morgan fingerprint density at radius 1 is 1.33 bits per heavy atom. The maximum atomic E-state index is 8.73. The number of halogens is 1. The number of rotatable bonds is 3. The van der Waals surface area contributed by atoms with Crippen molar-refractivity contribution in [2.75, 3.05) is 6.61 Å². The van der Waals surface area contributed by atoms with E-state index in [1.165, 1.54) is 0 Å². The van der Waals surface area contributed by atoms with Crippen molar-refractivity contribution < 1.29 is 9.63 Å². The van der Waals surface area contributed by atoms with Gasteiger partial charge >= 0.3 is 0 Å². The van der Waals surface area contributed by atoms with Gasteiger partial charge in [0.05, 0.1) is 12.3 Å². The topological polar surface area (TPSA) is 59.2 Å². The molecule has 2 aromatic rings. The minimum atomic E-state index is 0.0579. The van der Waals surface area contributed by atoms with Crippen LogP contribution >= 0.6 is 15.9 Å². The van der Waals surface area contributed by atoms with Gasteiger partial charge in [0.15, 0.2) is 0 Å². The molecule has 0 aliphatic carbocycles. The number of hydrogen-bond donors (Lipinski definition) is 1. The Morgan fingerprint density at radius 3 is 2.87 bits per heavy atom. The van der Waals surface area contributed by atoms with Crippen molar-refractivity contribution in [3.63, 3.8) is 0 Å². The van der Waals surface area contributed by atoms with Crippen LogP contribution in [0.15, 0.2) is 33.4 Å². The predicted octanol–water partition coefficient (Wildman–Crippen LogP) is 2.03. The maximum absolute atomic E-state index is 8.73. The third-order valence-corrected chi connectivity index (χ3v) is 2.38. The number of aliphatic hydroxyl groups is 1. The number of nitrogens with zero attached hydrogens (tertiary/aromatic N) is 2. The highest BCUT2D eigenvalue weighted by Gasteiger charge is 2.06. The molecule has 1 N–H and O–H groups in total. The molecule has 0 unspecified atom stereocenters. The minimum Gasteiger partial charge on any atom is -0.396 e. The molecule has 0 fully saturated rings. The van der Waals surface area contributed by atoms with Crippen LogP contribution in [0.3, 0.4) is 0 Å². The van der Waals surface area contributed by atoms with Crippen molar-refractivity contribution >= 4 is 15.9 Å². The summed E-state index contributed by atoms with van der Waals surface area (Å²) in [4.78, 5) is 4.19. The Labute approximate surface area is 95.1 Å². The Kier molecular flexibility index (Phi) is 3.13. The third-order valence-electron chi connectivity index (χ3n) is 1.91. The Hall–Kier alpha value is -1.20. The number of aromatic nitrogens is 2. The monoisotopic (exact) mass is 268 g/mol. The van der Waals surface area contributed by atoms with Crippen LogP contribution in [0.4, 0.5) is 0 Å². The molecule has 15 heavy (non-hydrogen) atoms. The van der Waals surface area contributed by atoms with E-state index in [0.717, 1.165) is 10.2 Å². The van der Waals surface area contributed by atoms with Gasteiger partial charge < -0.3 is 9.63 Å². The van der Waals surface area contributed by atoms with Crippen LogP contribution in [0.25, 0.3) is 11.4 Å². The lowest BCUT2D eigenvalue weighted by Crippen LogP contribution is -1.86. The van der Waals surface area contributed by atoms with Gasteiger partial charge in [-0.1, -0.05) is 5.16 Å². The molecule has 0 bridgehead atoms. The summed E-state index contributed by atoms with van der Waals surface area (Å²) in [5.41, 5.74) is 1.44. The Bertz CT molecular complexity index is 439. The zero-order chi connectivity index (χ0) is 10.7. The molecular formula is C10H9BrN2O2. The van der Waals surface area contributed by atoms with Crippen LogP contribution < -0.4 is 0 Å². The lowest BCUT2D eigenvalue weighted by atomic mass is 10.2. The standard InChI is InChI=1S/C10H9BrN2O2/c11-7-1-2-9(12-6-7)10-5-8(3-4-14)15-13-10/h1-2,5-6,14H,3-4H2. The van der Waals surface area contributed by atoms with E-state index in [-0.39, 0.29) is 6.61 Å². The normalized spacial score (nSPS) is 10.5. The summed E-state index contributed by atoms with van der Waals surface area (Å²) in [5, 5.41) is 12.6. The fourth-order valence-corrected chi connectivity index (χ4v) is 1.42. The van der Waals surface area contributed by atoms with E-state index in [2.05, 4.69) is 26.1 Å². The van der Waals surface area contributed by atoms with E-state index in [0.29, 0.717) is 17.9 Å². The summed E-state index contributed by atoms with van der Waals surface area (Å²) in [6, 6.07) is 5.53. The van der Waals surface area contributed by atoms with Gasteiger partial charge in [-0.2, -0.15) is 0 Å². The van der Waals surface area contributed by atoms with Crippen LogP contribution in [0.2, 0.25) is 0 Å². The molecule has 0 aliphatic heterocycles. The van der Waals surface area contributed by atoms with E-state index in [4.69, 9.17) is 9.63 Å². The van der Waals surface area contributed by atoms with Gasteiger partial charge in [-0.25, -0.2) is 0 Å². The predicted molar refractivity (Wildman–Crippen MR) is 58.2 cm³/mol. The molecule has 0 saturated carbocycles. The van der Waals surface area contributed by atoms with Crippen molar-refractivity contribution in [2.45, 2.75) is 6.42 Å². The van der Waals surface area contributed by atoms with Crippen LogP contribution in [0.1, 0.15) is 5.76 Å². The summed E-state index contributed by atoms with van der Waals surface area (Å²) in [7, 11) is 0. The first kappa shape index (κ1) is 10.3. The molecule has 0 saturated heterocycles. The molecular weight excluding hydrogens is 260 g/mol. The molecule has 5 heteroatoms. The lowest BCUT2D eigenvalue weighted by Gasteiger charge is -1.93. The fraction of sp³-hybridized carbons (Fsp3) is 0.200. The highest BCUT2D eigenvalue weighted by molar-refractivity contribution is 9.10. The zero-order valence-corrected chi connectivity index (χ0v) is 9.44. The summed E-state index contributed by atoms with van der Waals surface area (Å²) in [5.74, 6) is 0.664. The average molecular weight is 269 g/mol. The number of pyridine rings is 1. The second kappa shape index (κ2) is 4.55. The SMILES string of the molecule is OCCc1cc(-c2ccc(Br)cn2)no1. The van der Waals surface area contributed by atoms with Gasteiger partial charge in [0.25, 0.3) is 0 Å². The quantitative estimate of drug-likeness (QED) is 0.926. The van der Waals surface area contributed by atoms with E-state index in [1.807, 2.05) is 12.1 Å². The fourth-order valence-electron chi connectivity index (χ4n) is 1.19. The first-order valence-corrected chi connectivity index (χ1v) is 5.27. The molecule has 0 spiro atoms. The lowest BCUT2D eigenvalue weighted by molar-refractivity contribution is 0.277. The van der Waals surface area contributed by atoms with E-state index >= 15 is 0 Å². The van der Waals surface area contributed by atoms with Crippen LogP contribution in [-0.4, -0.2) is 21.9 Å². The van der Waals surface area contributed by atoms with E-state index < -0.39 is 0 Å². The molecule has 4 nitrogen and oxygen atoms in total. The van der Waals surface area contributed by atoms with Gasteiger partial charge in [-0.15, -0.1) is 0 Å². The minimum absolute atomic E-state index is 0.0579. The molecule has 0 radical (unpaired) electrons. The third kappa shape index (κ3) is 2.43. The number of aliphatic hydroxyl groups excluding tert-OH is 1. The van der Waals surface area contributed by atoms with Crippen LogP contribution in [0, 0.1) is 0 Å². The molecule has 2 heterocycles. The van der Waals surface area contributed by atoms with Crippen molar-refractivity contribution in [3.05, 3.63) is 34.6 Å². The first-order chi connectivity index (χ1) is 7.29. The molecule has 2 aromatic heterocycles. The summed E-state index contributed by atoms with van der Waals surface area (Å²) in [6.07, 6.45) is 2.18. The maximum Gasteiger partial charge on any atom is 0.139 e. The van der Waals surface area contributed by atoms with Gasteiger partial charge in [-0.3, -0.25) is 4.98 Å². The van der Waals surface area contributed by atoms with Crippen molar-refractivity contribution in [1.82, 2.24) is 10.1 Å². The highest BCUT2D eigenvalue weighted by Crippen LogP contribution is 2.18.